The Morgan fingerprint density at radius 2 is 1.22 bits per heavy atom. The average Bonchev–Trinajstić information content (AvgIpc) is 2.96. The van der Waals surface area contributed by atoms with Gasteiger partial charge in [0.1, 0.15) is 5.75 Å². The van der Waals surface area contributed by atoms with E-state index in [1.807, 2.05) is 47.4 Å². The number of nitrogens with zero attached hydrogens (tertiary/aromatic N) is 3. The van der Waals surface area contributed by atoms with Gasteiger partial charge in [-0.3, -0.25) is 9.69 Å². The number of hydrogen-bond acceptors (Lipinski definition) is 4. The van der Waals surface area contributed by atoms with Gasteiger partial charge in [0.2, 0.25) is 0 Å². The zero-order valence-corrected chi connectivity index (χ0v) is 20.9. The number of likely N-dealkylation sites (tertiary alicyclic amines) is 1. The lowest BCUT2D eigenvalue weighted by atomic mass is 9.95. The fraction of sp³-hybridized carbons (Fsp3) is 0.290. The lowest BCUT2D eigenvalue weighted by molar-refractivity contribution is 0.0459. The number of fused-ring (bicyclic) bond motifs is 2. The molecule has 0 bridgehead atoms. The molecule has 4 aromatic carbocycles. The van der Waals surface area contributed by atoms with Crippen LogP contribution in [0, 0.1) is 0 Å². The molecule has 0 aromatic heterocycles. The van der Waals surface area contributed by atoms with Crippen molar-refractivity contribution in [3.63, 3.8) is 0 Å². The molecule has 2 fully saturated rings. The predicted molar refractivity (Wildman–Crippen MR) is 146 cm³/mol. The monoisotopic (exact) mass is 493 g/mol. The van der Waals surface area contributed by atoms with E-state index in [1.165, 1.54) is 0 Å². The lowest BCUT2D eigenvalue weighted by Crippen LogP contribution is -2.55. The SMILES string of the molecule is O=C(Oc1ccccc1)N1CCC(N2CCN(C(=O)c3c4ccccc4cc4ccccc34)CC2)CC1. The van der Waals surface area contributed by atoms with Crippen LogP contribution < -0.4 is 4.74 Å². The first kappa shape index (κ1) is 23.5. The third kappa shape index (κ3) is 4.77. The summed E-state index contributed by atoms with van der Waals surface area (Å²) in [5, 5.41) is 4.23. The Morgan fingerprint density at radius 3 is 1.84 bits per heavy atom. The van der Waals surface area contributed by atoms with Crippen molar-refractivity contribution in [1.29, 1.82) is 0 Å². The third-order valence-corrected chi connectivity index (χ3v) is 7.77. The largest absolute Gasteiger partial charge is 0.415 e. The minimum Gasteiger partial charge on any atom is -0.410 e. The summed E-state index contributed by atoms with van der Waals surface area (Å²) in [7, 11) is 0. The second-order valence-electron chi connectivity index (χ2n) is 9.92. The van der Waals surface area contributed by atoms with Gasteiger partial charge >= 0.3 is 6.09 Å². The Bertz CT molecular complexity index is 1370. The van der Waals surface area contributed by atoms with Crippen molar-refractivity contribution in [1.82, 2.24) is 14.7 Å². The summed E-state index contributed by atoms with van der Waals surface area (Å²) in [6.45, 7) is 4.52. The third-order valence-electron chi connectivity index (χ3n) is 7.77. The molecule has 0 radical (unpaired) electrons. The number of carbonyl (C=O) groups excluding carboxylic acids is 2. The van der Waals surface area contributed by atoms with Crippen molar-refractivity contribution in [3.8, 4) is 5.75 Å². The Balaban J connectivity index is 1.09. The van der Waals surface area contributed by atoms with E-state index in [0.717, 1.165) is 53.0 Å². The molecule has 2 heterocycles. The quantitative estimate of drug-likeness (QED) is 0.358. The fourth-order valence-electron chi connectivity index (χ4n) is 5.76. The van der Waals surface area contributed by atoms with Crippen LogP contribution in [0.4, 0.5) is 4.79 Å². The van der Waals surface area contributed by atoms with Crippen molar-refractivity contribution in [2.45, 2.75) is 18.9 Å². The van der Waals surface area contributed by atoms with Gasteiger partial charge in [-0.1, -0.05) is 66.7 Å². The summed E-state index contributed by atoms with van der Waals surface area (Å²) in [5.41, 5.74) is 0.812. The highest BCUT2D eigenvalue weighted by Gasteiger charge is 2.31. The molecular weight excluding hydrogens is 462 g/mol. The van der Waals surface area contributed by atoms with Crippen molar-refractivity contribution < 1.29 is 14.3 Å². The van der Waals surface area contributed by atoms with Crippen molar-refractivity contribution in [3.05, 3.63) is 90.5 Å². The predicted octanol–water partition coefficient (Wildman–Crippen LogP) is 5.41. The second kappa shape index (κ2) is 10.2. The van der Waals surface area contributed by atoms with Crippen molar-refractivity contribution in [2.24, 2.45) is 0 Å². The van der Waals surface area contributed by atoms with Crippen LogP contribution in [0.2, 0.25) is 0 Å². The molecule has 2 amide bonds. The lowest BCUT2D eigenvalue weighted by Gasteiger charge is -2.42. The summed E-state index contributed by atoms with van der Waals surface area (Å²) in [4.78, 5) is 32.7. The van der Waals surface area contributed by atoms with Crippen molar-refractivity contribution in [2.75, 3.05) is 39.3 Å². The molecule has 6 rings (SSSR count). The number of piperazine rings is 1. The highest BCUT2D eigenvalue weighted by Crippen LogP contribution is 2.30. The van der Waals surface area contributed by atoms with Gasteiger partial charge in [-0.2, -0.15) is 0 Å². The minimum absolute atomic E-state index is 0.117. The average molecular weight is 494 g/mol. The van der Waals surface area contributed by atoms with Gasteiger partial charge in [-0.05, 0) is 52.6 Å². The van der Waals surface area contributed by atoms with Gasteiger partial charge in [-0.15, -0.1) is 0 Å². The highest BCUT2D eigenvalue weighted by molar-refractivity contribution is 6.18. The molecule has 2 aliphatic heterocycles. The van der Waals surface area contributed by atoms with Gasteiger partial charge < -0.3 is 14.5 Å². The first-order valence-corrected chi connectivity index (χ1v) is 13.1. The van der Waals surface area contributed by atoms with Gasteiger partial charge in [-0.25, -0.2) is 4.79 Å². The molecule has 0 spiro atoms. The molecule has 2 aliphatic rings. The standard InChI is InChI=1S/C31H31N3O3/c35-30(29-27-12-6-4-8-23(27)22-24-9-5-7-13-28(24)29)33-20-18-32(19-21-33)25-14-16-34(17-15-25)31(36)37-26-10-2-1-3-11-26/h1-13,22,25H,14-21H2. The summed E-state index contributed by atoms with van der Waals surface area (Å²) in [6, 6.07) is 28.2. The van der Waals surface area contributed by atoms with E-state index in [9.17, 15) is 9.59 Å². The first-order valence-electron chi connectivity index (χ1n) is 13.1. The number of rotatable bonds is 3. The molecule has 0 atom stereocenters. The van der Waals surface area contributed by atoms with Gasteiger partial charge in [0, 0.05) is 45.3 Å². The number of ether oxygens (including phenoxy) is 1. The zero-order chi connectivity index (χ0) is 25.2. The topological polar surface area (TPSA) is 53.1 Å². The summed E-state index contributed by atoms with van der Waals surface area (Å²) < 4.78 is 5.51. The van der Waals surface area contributed by atoms with Crippen LogP contribution in [-0.4, -0.2) is 72.0 Å². The van der Waals surface area contributed by atoms with Gasteiger partial charge in [0.15, 0.2) is 0 Å². The minimum atomic E-state index is -0.276. The number of amides is 2. The number of benzene rings is 4. The van der Waals surface area contributed by atoms with Crippen molar-refractivity contribution >= 4 is 33.5 Å². The highest BCUT2D eigenvalue weighted by atomic mass is 16.6. The maximum atomic E-state index is 13.8. The van der Waals surface area contributed by atoms with E-state index in [4.69, 9.17) is 4.74 Å². The molecule has 188 valence electrons. The Kier molecular flexibility index (Phi) is 6.49. The summed E-state index contributed by atoms with van der Waals surface area (Å²) >= 11 is 0. The molecule has 4 aromatic rings. The molecule has 0 N–H and O–H groups in total. The molecular formula is C31H31N3O3. The smallest absolute Gasteiger partial charge is 0.410 e. The number of carbonyl (C=O) groups is 2. The molecule has 2 saturated heterocycles. The Labute approximate surface area is 217 Å². The fourth-order valence-corrected chi connectivity index (χ4v) is 5.76. The van der Waals surface area contributed by atoms with E-state index >= 15 is 0 Å². The van der Waals surface area contributed by atoms with Gasteiger partial charge in [0.25, 0.3) is 5.91 Å². The van der Waals surface area contributed by atoms with E-state index in [2.05, 4.69) is 35.2 Å². The van der Waals surface area contributed by atoms with Crippen LogP contribution in [0.3, 0.4) is 0 Å². The number of para-hydroxylation sites is 1. The van der Waals surface area contributed by atoms with Crippen LogP contribution in [0.15, 0.2) is 84.9 Å². The van der Waals surface area contributed by atoms with Crippen LogP contribution in [0.5, 0.6) is 5.75 Å². The van der Waals surface area contributed by atoms with E-state index in [0.29, 0.717) is 38.0 Å². The molecule has 0 unspecified atom stereocenters. The normalized spacial score (nSPS) is 17.3. The summed E-state index contributed by atoms with van der Waals surface area (Å²) in [5.74, 6) is 0.695. The second-order valence-corrected chi connectivity index (χ2v) is 9.92. The Morgan fingerprint density at radius 1 is 0.649 bits per heavy atom. The van der Waals surface area contributed by atoms with E-state index in [-0.39, 0.29) is 12.0 Å². The van der Waals surface area contributed by atoms with E-state index < -0.39 is 0 Å². The van der Waals surface area contributed by atoms with Crippen LogP contribution in [-0.2, 0) is 0 Å². The molecule has 0 aliphatic carbocycles. The molecule has 6 nitrogen and oxygen atoms in total. The van der Waals surface area contributed by atoms with E-state index in [1.54, 1.807) is 17.0 Å². The Hall–Kier alpha value is -3.90. The van der Waals surface area contributed by atoms with Crippen LogP contribution in [0.1, 0.15) is 23.2 Å². The first-order chi connectivity index (χ1) is 18.2. The number of piperidine rings is 1. The van der Waals surface area contributed by atoms with Crippen LogP contribution >= 0.6 is 0 Å². The summed E-state index contributed by atoms with van der Waals surface area (Å²) in [6.07, 6.45) is 1.57. The molecule has 6 heteroatoms. The molecule has 37 heavy (non-hydrogen) atoms. The zero-order valence-electron chi connectivity index (χ0n) is 20.9. The van der Waals surface area contributed by atoms with Gasteiger partial charge in [0.05, 0.1) is 5.56 Å². The molecule has 0 saturated carbocycles. The maximum absolute atomic E-state index is 13.8. The maximum Gasteiger partial charge on any atom is 0.415 e. The number of hydrogen-bond donors (Lipinski definition) is 0. The van der Waals surface area contributed by atoms with Crippen LogP contribution in [0.25, 0.3) is 21.5 Å².